The lowest BCUT2D eigenvalue weighted by molar-refractivity contribution is 1.08. The minimum absolute atomic E-state index is 0.0942. The van der Waals surface area contributed by atoms with E-state index < -0.39 is 0 Å². The van der Waals surface area contributed by atoms with Crippen LogP contribution < -0.4 is 5.73 Å². The maximum absolute atomic E-state index is 5.76. The van der Waals surface area contributed by atoms with E-state index in [4.69, 9.17) is 17.3 Å². The number of halogens is 1. The highest BCUT2D eigenvalue weighted by Crippen LogP contribution is 2.07. The van der Waals surface area contributed by atoms with Crippen molar-refractivity contribution in [3.8, 4) is 0 Å². The fraction of sp³-hybridized carbons (Fsp3) is 0. The number of aliphatic imine (C=N–C) groups is 2. The zero-order valence-corrected chi connectivity index (χ0v) is 9.46. The molecule has 1 aromatic carbocycles. The highest BCUT2D eigenvalue weighted by Gasteiger charge is 1.93. The van der Waals surface area contributed by atoms with Crippen LogP contribution in [-0.2, 0) is 0 Å². The molecule has 0 fully saturated rings. The highest BCUT2D eigenvalue weighted by molar-refractivity contribution is 6.30. The van der Waals surface area contributed by atoms with Crippen LogP contribution in [0.1, 0.15) is 5.56 Å². The molecule has 0 amide bonds. The Bertz CT molecular complexity index is 528. The number of nitrogens with two attached hydrogens (primary N) is 1. The van der Waals surface area contributed by atoms with Gasteiger partial charge in [-0.15, -0.1) is 0 Å². The zero-order valence-electron chi connectivity index (χ0n) is 8.71. The summed E-state index contributed by atoms with van der Waals surface area (Å²) in [4.78, 5) is 11.7. The van der Waals surface area contributed by atoms with Crippen molar-refractivity contribution in [1.82, 2.24) is 15.2 Å². The molecule has 0 aliphatic carbocycles. The van der Waals surface area contributed by atoms with Crippen LogP contribution in [0.15, 0.2) is 40.6 Å². The van der Waals surface area contributed by atoms with Crippen molar-refractivity contribution in [3.05, 3.63) is 41.2 Å². The lowest BCUT2D eigenvalue weighted by Gasteiger charge is -1.93. The van der Waals surface area contributed by atoms with Crippen LogP contribution in [0.4, 0.5) is 5.95 Å². The second kappa shape index (κ2) is 5.22. The van der Waals surface area contributed by atoms with Gasteiger partial charge < -0.3 is 5.73 Å². The van der Waals surface area contributed by atoms with Gasteiger partial charge in [-0.3, -0.25) is 0 Å². The van der Waals surface area contributed by atoms with E-state index in [1.807, 2.05) is 12.1 Å². The highest BCUT2D eigenvalue weighted by atomic mass is 35.5. The average Bonchev–Trinajstić information content (AvgIpc) is 2.81. The van der Waals surface area contributed by atoms with Crippen LogP contribution in [0.3, 0.4) is 0 Å². The Balaban J connectivity index is 2.08. The molecule has 0 atom stereocenters. The minimum Gasteiger partial charge on any atom is -0.368 e. The van der Waals surface area contributed by atoms with Crippen molar-refractivity contribution in [1.29, 1.82) is 0 Å². The van der Waals surface area contributed by atoms with E-state index in [0.29, 0.717) is 11.0 Å². The molecule has 0 spiro atoms. The van der Waals surface area contributed by atoms with Gasteiger partial charge in [-0.05, 0) is 17.7 Å². The van der Waals surface area contributed by atoms with Crippen LogP contribution in [0.5, 0.6) is 0 Å². The number of nitrogens with zero attached hydrogens (tertiary/aromatic N) is 4. The summed E-state index contributed by atoms with van der Waals surface area (Å²) >= 11 is 5.76. The van der Waals surface area contributed by atoms with E-state index in [2.05, 4.69) is 25.2 Å². The summed E-state index contributed by atoms with van der Waals surface area (Å²) in [6.07, 6.45) is 2.93. The molecule has 1 heterocycles. The van der Waals surface area contributed by atoms with Gasteiger partial charge in [-0.2, -0.15) is 15.1 Å². The zero-order chi connectivity index (χ0) is 12.1. The third-order valence-electron chi connectivity index (χ3n) is 1.84. The van der Waals surface area contributed by atoms with E-state index in [-0.39, 0.29) is 5.96 Å². The van der Waals surface area contributed by atoms with E-state index in [0.717, 1.165) is 5.56 Å². The molecule has 0 aliphatic rings. The van der Waals surface area contributed by atoms with Gasteiger partial charge in [0.2, 0.25) is 11.9 Å². The third kappa shape index (κ3) is 3.39. The lowest BCUT2D eigenvalue weighted by Crippen LogP contribution is -2.08. The first-order chi connectivity index (χ1) is 8.24. The maximum atomic E-state index is 5.76. The van der Waals surface area contributed by atoms with E-state index in [1.54, 1.807) is 18.3 Å². The molecule has 7 heteroatoms. The van der Waals surface area contributed by atoms with Gasteiger partial charge in [0, 0.05) is 11.2 Å². The third-order valence-corrected chi connectivity index (χ3v) is 2.09. The van der Waals surface area contributed by atoms with Crippen LogP contribution in [0, 0.1) is 0 Å². The molecule has 17 heavy (non-hydrogen) atoms. The topological polar surface area (TPSA) is 92.3 Å². The number of hydrogen-bond acceptors (Lipinski definition) is 3. The van der Waals surface area contributed by atoms with Crippen molar-refractivity contribution in [2.45, 2.75) is 0 Å². The van der Waals surface area contributed by atoms with Gasteiger partial charge in [0.15, 0.2) is 0 Å². The summed E-state index contributed by atoms with van der Waals surface area (Å²) in [5.74, 6) is 0.410. The second-order valence-electron chi connectivity index (χ2n) is 3.09. The van der Waals surface area contributed by atoms with Crippen LogP contribution in [0.25, 0.3) is 0 Å². The molecule has 3 N–H and O–H groups in total. The predicted octanol–water partition coefficient (Wildman–Crippen LogP) is 1.52. The maximum Gasteiger partial charge on any atom is 0.248 e. The molecule has 0 bridgehead atoms. The number of nitrogens with one attached hydrogen (secondary N) is 1. The molecule has 0 aliphatic heterocycles. The predicted molar refractivity (Wildman–Crippen MR) is 66.7 cm³/mol. The molecular weight excluding hydrogens is 240 g/mol. The van der Waals surface area contributed by atoms with E-state index in [9.17, 15) is 0 Å². The minimum atomic E-state index is 0.0942. The smallest absolute Gasteiger partial charge is 0.248 e. The molecule has 0 saturated carbocycles. The lowest BCUT2D eigenvalue weighted by atomic mass is 10.2. The van der Waals surface area contributed by atoms with Gasteiger partial charge in [0.1, 0.15) is 6.33 Å². The second-order valence-corrected chi connectivity index (χ2v) is 3.53. The molecular formula is C10H9ClN6. The Morgan fingerprint density at radius 2 is 2.12 bits per heavy atom. The van der Waals surface area contributed by atoms with Crippen LogP contribution in [0.2, 0.25) is 5.02 Å². The first-order valence-electron chi connectivity index (χ1n) is 4.73. The van der Waals surface area contributed by atoms with Crippen molar-refractivity contribution in [2.75, 3.05) is 0 Å². The molecule has 1 aromatic heterocycles. The molecule has 86 valence electrons. The van der Waals surface area contributed by atoms with Crippen molar-refractivity contribution in [3.63, 3.8) is 0 Å². The summed E-state index contributed by atoms with van der Waals surface area (Å²) in [7, 11) is 0. The standard InChI is InChI=1S/C10H9ClN6/c11-8-3-1-7(2-4-8)5-13-9(12)16-10-14-6-15-17-10/h1-6H,(H3,12,14,15,16,17). The summed E-state index contributed by atoms with van der Waals surface area (Å²) in [6, 6.07) is 7.19. The molecule has 6 nitrogen and oxygen atoms in total. The number of rotatable bonds is 2. The Morgan fingerprint density at radius 1 is 1.35 bits per heavy atom. The van der Waals surface area contributed by atoms with Crippen molar-refractivity contribution < 1.29 is 0 Å². The van der Waals surface area contributed by atoms with E-state index in [1.165, 1.54) is 6.33 Å². The van der Waals surface area contributed by atoms with Crippen molar-refractivity contribution >= 4 is 29.7 Å². The van der Waals surface area contributed by atoms with Gasteiger partial charge in [-0.25, -0.2) is 10.1 Å². The van der Waals surface area contributed by atoms with Gasteiger partial charge in [-0.1, -0.05) is 23.7 Å². The number of aromatic nitrogens is 3. The number of guanidine groups is 1. The summed E-state index contributed by atoms with van der Waals surface area (Å²) < 4.78 is 0. The molecule has 0 unspecified atom stereocenters. The Hall–Kier alpha value is -2.21. The summed E-state index contributed by atoms with van der Waals surface area (Å²) in [5, 5.41) is 6.86. The first-order valence-corrected chi connectivity index (χ1v) is 5.11. The largest absolute Gasteiger partial charge is 0.368 e. The number of benzene rings is 1. The quantitative estimate of drug-likeness (QED) is 0.623. The molecule has 2 rings (SSSR count). The first kappa shape index (κ1) is 11.3. The van der Waals surface area contributed by atoms with Crippen LogP contribution in [-0.4, -0.2) is 27.4 Å². The molecule has 0 saturated heterocycles. The Labute approximate surface area is 102 Å². The molecule has 0 radical (unpaired) electrons. The normalized spacial score (nSPS) is 12.2. The van der Waals surface area contributed by atoms with Gasteiger partial charge >= 0.3 is 0 Å². The Kier molecular flexibility index (Phi) is 3.46. The monoisotopic (exact) mass is 248 g/mol. The average molecular weight is 249 g/mol. The SMILES string of the molecule is NC(N=Cc1ccc(Cl)cc1)=Nc1ncn[nH]1. The number of aromatic amines is 1. The fourth-order valence-corrected chi connectivity index (χ4v) is 1.21. The van der Waals surface area contributed by atoms with Gasteiger partial charge in [0.05, 0.1) is 0 Å². The summed E-state index contributed by atoms with van der Waals surface area (Å²) in [5.41, 5.74) is 6.46. The van der Waals surface area contributed by atoms with Gasteiger partial charge in [0.25, 0.3) is 0 Å². The van der Waals surface area contributed by atoms with Crippen molar-refractivity contribution in [2.24, 2.45) is 15.7 Å². The number of H-pyrrole nitrogens is 1. The van der Waals surface area contributed by atoms with Crippen LogP contribution >= 0.6 is 11.6 Å². The number of hydrogen-bond donors (Lipinski definition) is 2. The van der Waals surface area contributed by atoms with E-state index >= 15 is 0 Å². The fourth-order valence-electron chi connectivity index (χ4n) is 1.08. The summed E-state index contributed by atoms with van der Waals surface area (Å²) in [6.45, 7) is 0. The molecule has 2 aromatic rings. The Morgan fingerprint density at radius 3 is 2.76 bits per heavy atom.